The Hall–Kier alpha value is -4.24. The lowest BCUT2D eigenvalue weighted by atomic mass is 9.94. The quantitative estimate of drug-likeness (QED) is 0.202. The number of thiazole rings is 1. The smallest absolute Gasteiger partial charge is 0.301 e. The molecule has 1 aliphatic rings. The van der Waals surface area contributed by atoms with E-state index in [2.05, 4.69) is 4.98 Å². The number of benzene rings is 3. The lowest BCUT2D eigenvalue weighted by Crippen LogP contribution is -2.29. The number of ether oxygens (including phenoxy) is 2. The Morgan fingerprint density at radius 3 is 2.51 bits per heavy atom. The molecule has 0 unspecified atom stereocenters. The zero-order chi connectivity index (χ0) is 26.3. The summed E-state index contributed by atoms with van der Waals surface area (Å²) in [7, 11) is 2.94. The molecule has 1 saturated heterocycles. The second-order valence-corrected chi connectivity index (χ2v) is 9.42. The molecule has 188 valence electrons. The third-order valence-electron chi connectivity index (χ3n) is 6.35. The molecular weight excluding hydrogens is 495 g/mol. The van der Waals surface area contributed by atoms with Gasteiger partial charge in [-0.15, -0.1) is 0 Å². The summed E-state index contributed by atoms with van der Waals surface area (Å²) in [6, 6.07) is 14.9. The van der Waals surface area contributed by atoms with E-state index < -0.39 is 29.3 Å². The molecule has 1 fully saturated rings. The maximum absolute atomic E-state index is 13.6. The summed E-state index contributed by atoms with van der Waals surface area (Å²) >= 11 is 1.28. The van der Waals surface area contributed by atoms with Crippen LogP contribution < -0.4 is 14.4 Å². The molecule has 1 amide bonds. The van der Waals surface area contributed by atoms with Crippen LogP contribution in [0.5, 0.6) is 11.5 Å². The predicted molar refractivity (Wildman–Crippen MR) is 140 cm³/mol. The molecule has 2 heterocycles. The Labute approximate surface area is 216 Å². The van der Waals surface area contributed by atoms with Crippen LogP contribution in [0.15, 0.2) is 66.2 Å². The molecule has 0 aliphatic carbocycles. The zero-order valence-corrected chi connectivity index (χ0v) is 21.1. The topological polar surface area (TPSA) is 89.0 Å². The van der Waals surface area contributed by atoms with Crippen molar-refractivity contribution in [1.29, 1.82) is 0 Å². The van der Waals surface area contributed by atoms with E-state index in [1.54, 1.807) is 18.2 Å². The predicted octanol–water partition coefficient (Wildman–Crippen LogP) is 5.64. The molecule has 1 atom stereocenters. The van der Waals surface area contributed by atoms with E-state index in [0.717, 1.165) is 16.7 Å². The van der Waals surface area contributed by atoms with Crippen LogP contribution >= 0.6 is 11.3 Å². The Morgan fingerprint density at radius 1 is 1.08 bits per heavy atom. The molecule has 0 bridgehead atoms. The number of nitrogens with zero attached hydrogens (tertiary/aromatic N) is 2. The minimum atomic E-state index is -1.07. The second kappa shape index (κ2) is 9.67. The lowest BCUT2D eigenvalue weighted by molar-refractivity contribution is -0.132. The van der Waals surface area contributed by atoms with E-state index in [1.807, 2.05) is 25.1 Å². The molecule has 1 aliphatic heterocycles. The summed E-state index contributed by atoms with van der Waals surface area (Å²) in [5.41, 5.74) is 2.28. The molecule has 0 spiro atoms. The van der Waals surface area contributed by atoms with Crippen LogP contribution in [0.2, 0.25) is 0 Å². The number of aliphatic hydroxyl groups is 1. The SMILES string of the molecule is CCc1ccc2nc(N3C(=O)C(=O)/C(=C(/O)c4ccc(F)cc4)[C@H]3c3cccc(OC)c3OC)sc2c1. The van der Waals surface area contributed by atoms with Gasteiger partial charge in [-0.25, -0.2) is 9.37 Å². The van der Waals surface area contributed by atoms with Crippen molar-refractivity contribution in [2.24, 2.45) is 0 Å². The number of carbonyl (C=O) groups is 2. The van der Waals surface area contributed by atoms with Gasteiger partial charge in [0.15, 0.2) is 16.6 Å². The summed E-state index contributed by atoms with van der Waals surface area (Å²) in [5.74, 6) is -1.95. The number of Topliss-reactive ketones (excluding diaryl/α,β-unsaturated/α-hetero) is 1. The standard InChI is InChI=1S/C28H23FN2O5S/c1-4-15-8-13-19-21(14-15)37-28(30-19)31-23(18-6-5-7-20(35-2)26(18)36-3)22(25(33)27(31)34)24(32)16-9-11-17(29)12-10-16/h5-14,23,32H,4H2,1-3H3/b24-22+/t23-/m1/s1. The molecule has 37 heavy (non-hydrogen) atoms. The number of para-hydroxylation sites is 1. The van der Waals surface area contributed by atoms with Crippen LogP contribution in [-0.4, -0.2) is 36.0 Å². The summed E-state index contributed by atoms with van der Waals surface area (Å²) < 4.78 is 25.5. The molecule has 1 aromatic heterocycles. The number of aryl methyl sites for hydroxylation is 1. The largest absolute Gasteiger partial charge is 0.507 e. The minimum absolute atomic E-state index is 0.156. The number of methoxy groups -OCH3 is 2. The normalized spacial score (nSPS) is 17.0. The van der Waals surface area contributed by atoms with Crippen molar-refractivity contribution in [2.75, 3.05) is 19.1 Å². The molecule has 1 N–H and O–H groups in total. The summed E-state index contributed by atoms with van der Waals surface area (Å²) in [6.07, 6.45) is 0.840. The zero-order valence-electron chi connectivity index (χ0n) is 20.3. The average Bonchev–Trinajstić information content (AvgIpc) is 3.45. The fourth-order valence-electron chi connectivity index (χ4n) is 4.49. The van der Waals surface area contributed by atoms with E-state index in [0.29, 0.717) is 27.7 Å². The Balaban J connectivity index is 1.77. The van der Waals surface area contributed by atoms with Crippen LogP contribution in [0.3, 0.4) is 0 Å². The molecule has 0 saturated carbocycles. The lowest BCUT2D eigenvalue weighted by Gasteiger charge is -2.25. The van der Waals surface area contributed by atoms with Gasteiger partial charge >= 0.3 is 5.91 Å². The van der Waals surface area contributed by atoms with E-state index in [-0.39, 0.29) is 11.1 Å². The first kappa shape index (κ1) is 24.5. The van der Waals surface area contributed by atoms with Crippen molar-refractivity contribution >= 4 is 44.1 Å². The summed E-state index contributed by atoms with van der Waals surface area (Å²) in [4.78, 5) is 32.9. The third kappa shape index (κ3) is 4.11. The fourth-order valence-corrected chi connectivity index (χ4v) is 5.55. The van der Waals surface area contributed by atoms with Gasteiger partial charge in [0, 0.05) is 11.1 Å². The van der Waals surface area contributed by atoms with Gasteiger partial charge in [0.2, 0.25) is 0 Å². The number of hydrogen-bond acceptors (Lipinski definition) is 7. The number of anilines is 1. The van der Waals surface area contributed by atoms with Gasteiger partial charge in [-0.1, -0.05) is 36.5 Å². The highest BCUT2D eigenvalue weighted by molar-refractivity contribution is 7.22. The van der Waals surface area contributed by atoms with Gasteiger partial charge in [0.25, 0.3) is 5.78 Å². The van der Waals surface area contributed by atoms with Crippen LogP contribution in [0.1, 0.15) is 29.7 Å². The fraction of sp³-hybridized carbons (Fsp3) is 0.179. The van der Waals surface area contributed by atoms with Gasteiger partial charge in [-0.2, -0.15) is 0 Å². The minimum Gasteiger partial charge on any atom is -0.507 e. The highest BCUT2D eigenvalue weighted by Gasteiger charge is 2.49. The van der Waals surface area contributed by atoms with Gasteiger partial charge in [0.05, 0.1) is 30.0 Å². The molecule has 3 aromatic carbocycles. The first-order chi connectivity index (χ1) is 17.9. The Morgan fingerprint density at radius 2 is 1.84 bits per heavy atom. The van der Waals surface area contributed by atoms with E-state index in [9.17, 15) is 19.1 Å². The molecule has 9 heteroatoms. The molecule has 4 aromatic rings. The number of amides is 1. The number of rotatable bonds is 6. The van der Waals surface area contributed by atoms with Gasteiger partial charge in [-0.3, -0.25) is 14.5 Å². The number of halogens is 1. The second-order valence-electron chi connectivity index (χ2n) is 8.41. The average molecular weight is 519 g/mol. The van der Waals surface area contributed by atoms with Crippen LogP contribution in [0.4, 0.5) is 9.52 Å². The molecule has 7 nitrogen and oxygen atoms in total. The maximum atomic E-state index is 13.6. The van der Waals surface area contributed by atoms with Crippen molar-refractivity contribution in [3.8, 4) is 11.5 Å². The van der Waals surface area contributed by atoms with E-state index >= 15 is 0 Å². The monoisotopic (exact) mass is 518 g/mol. The van der Waals surface area contributed by atoms with Gasteiger partial charge in [-0.05, 0) is 54.4 Å². The highest BCUT2D eigenvalue weighted by Crippen LogP contribution is 2.48. The van der Waals surface area contributed by atoms with Crippen molar-refractivity contribution in [1.82, 2.24) is 4.98 Å². The maximum Gasteiger partial charge on any atom is 0.301 e. The number of ketones is 1. The van der Waals surface area contributed by atoms with E-state index in [1.165, 1.54) is 54.7 Å². The highest BCUT2D eigenvalue weighted by atomic mass is 32.1. The van der Waals surface area contributed by atoms with Crippen LogP contribution in [0, 0.1) is 5.82 Å². The van der Waals surface area contributed by atoms with Crippen LogP contribution in [-0.2, 0) is 16.0 Å². The number of fused-ring (bicyclic) bond motifs is 1. The number of carbonyl (C=O) groups excluding carboxylic acids is 2. The van der Waals surface area contributed by atoms with E-state index in [4.69, 9.17) is 9.47 Å². The van der Waals surface area contributed by atoms with Crippen LogP contribution in [0.25, 0.3) is 16.0 Å². The number of hydrogen-bond donors (Lipinski definition) is 1. The van der Waals surface area contributed by atoms with Gasteiger partial charge < -0.3 is 14.6 Å². The van der Waals surface area contributed by atoms with Crippen molar-refractivity contribution in [3.05, 3.63) is 88.7 Å². The number of aromatic nitrogens is 1. The summed E-state index contributed by atoms with van der Waals surface area (Å²) in [5, 5.41) is 11.6. The van der Waals surface area contributed by atoms with Gasteiger partial charge in [0.1, 0.15) is 17.6 Å². The molecular formula is C28H23FN2O5S. The Bertz CT molecular complexity index is 1560. The first-order valence-electron chi connectivity index (χ1n) is 11.5. The third-order valence-corrected chi connectivity index (χ3v) is 7.36. The first-order valence-corrected chi connectivity index (χ1v) is 12.4. The van der Waals surface area contributed by atoms with Crippen molar-refractivity contribution in [2.45, 2.75) is 19.4 Å². The molecule has 0 radical (unpaired) electrons. The van der Waals surface area contributed by atoms with Crippen molar-refractivity contribution < 1.29 is 28.6 Å². The number of aliphatic hydroxyl groups excluding tert-OH is 1. The summed E-state index contributed by atoms with van der Waals surface area (Å²) in [6.45, 7) is 2.05. The molecule has 5 rings (SSSR count). The van der Waals surface area contributed by atoms with Crippen molar-refractivity contribution in [3.63, 3.8) is 0 Å². The Kier molecular flexibility index (Phi) is 6.39.